The van der Waals surface area contributed by atoms with Crippen LogP contribution in [0.3, 0.4) is 0 Å². The zero-order valence-corrected chi connectivity index (χ0v) is 24.2. The van der Waals surface area contributed by atoms with Gasteiger partial charge in [-0.05, 0) is 46.3 Å². The number of allylic oxidation sites excluding steroid dienone is 1. The maximum Gasteiger partial charge on any atom is 0.299 e. The Balaban J connectivity index is 1.98. The number of aromatic nitrogens is 1. The van der Waals surface area contributed by atoms with Gasteiger partial charge >= 0.3 is 0 Å². The highest BCUT2D eigenvalue weighted by Crippen LogP contribution is 2.34. The molecule has 196 valence electrons. The lowest BCUT2D eigenvalue weighted by Crippen LogP contribution is -2.44. The highest BCUT2D eigenvalue weighted by Gasteiger charge is 2.27. The van der Waals surface area contributed by atoms with Crippen molar-refractivity contribution in [3.8, 4) is 0 Å². The average molecular weight is 514 g/mol. The number of nitrogens with zero attached hydrogens (tertiary/aromatic N) is 1. The molecule has 3 nitrogen and oxygen atoms in total. The van der Waals surface area contributed by atoms with Crippen LogP contribution in [0.15, 0.2) is 84.9 Å². The fourth-order valence-electron chi connectivity index (χ4n) is 4.64. The minimum Gasteiger partial charge on any atom is -0.536 e. The van der Waals surface area contributed by atoms with Crippen molar-refractivity contribution in [1.82, 2.24) is 4.98 Å². The molecule has 0 aliphatic rings. The zero-order valence-electron chi connectivity index (χ0n) is 23.0. The summed E-state index contributed by atoms with van der Waals surface area (Å²) in [7, 11) is -2.06. The minimum atomic E-state index is -2.06. The lowest BCUT2D eigenvalue weighted by Gasteiger charge is -2.30. The van der Waals surface area contributed by atoms with Crippen molar-refractivity contribution in [1.29, 1.82) is 0 Å². The van der Waals surface area contributed by atoms with E-state index in [1.54, 1.807) is 6.07 Å². The lowest BCUT2D eigenvalue weighted by atomic mass is 9.77. The summed E-state index contributed by atoms with van der Waals surface area (Å²) in [6.45, 7) is 9.18. The summed E-state index contributed by atoms with van der Waals surface area (Å²) in [6, 6.07) is 26.6. The van der Waals surface area contributed by atoms with Gasteiger partial charge in [-0.3, -0.25) is 4.79 Å². The van der Waals surface area contributed by atoms with Crippen molar-refractivity contribution in [3.63, 3.8) is 0 Å². The van der Waals surface area contributed by atoms with Crippen LogP contribution in [0.5, 0.6) is 0 Å². The van der Waals surface area contributed by atoms with Crippen molar-refractivity contribution in [2.75, 3.05) is 0 Å². The molecule has 3 aromatic rings. The molecule has 0 saturated carbocycles. The van der Waals surface area contributed by atoms with Crippen molar-refractivity contribution < 1.29 is 9.22 Å². The van der Waals surface area contributed by atoms with Crippen LogP contribution in [0.1, 0.15) is 88.8 Å². The van der Waals surface area contributed by atoms with Gasteiger partial charge in [0.1, 0.15) is 17.1 Å². The predicted molar refractivity (Wildman–Crippen MR) is 159 cm³/mol. The molecule has 0 amide bonds. The summed E-state index contributed by atoms with van der Waals surface area (Å²) in [5.41, 5.74) is 1.23. The predicted octanol–water partition coefficient (Wildman–Crippen LogP) is 7.20. The number of carbonyl (C=O) groups excluding carboxylic acids is 1. The first kappa shape index (κ1) is 28.6. The third kappa shape index (κ3) is 9.12. The number of hydrogen-bond donors (Lipinski definition) is 0. The topological polar surface area (TPSA) is 39.2 Å². The number of unbranched alkanes of at least 4 members (excludes halogenated alkanes) is 5. The molecule has 0 fully saturated rings. The van der Waals surface area contributed by atoms with E-state index in [0.29, 0.717) is 11.6 Å². The summed E-state index contributed by atoms with van der Waals surface area (Å²) < 4.78 is 7.01. The number of benzene rings is 2. The van der Waals surface area contributed by atoms with Gasteiger partial charge in [0.25, 0.3) is 9.04 Å². The Bertz CT molecular complexity index is 1070. The van der Waals surface area contributed by atoms with Gasteiger partial charge < -0.3 is 4.43 Å². The van der Waals surface area contributed by atoms with Crippen LogP contribution in [0, 0.1) is 11.3 Å². The molecule has 1 atom stereocenters. The van der Waals surface area contributed by atoms with Gasteiger partial charge in [-0.25, -0.2) is 4.98 Å². The van der Waals surface area contributed by atoms with Crippen LogP contribution in [0.25, 0.3) is 5.76 Å². The first-order valence-electron chi connectivity index (χ1n) is 13.8. The SMILES string of the molecule is CCCCCCCCC(/C=C(/O[SiH](c1ccccc1)c1ccccc1)c1cccc(C=O)n1)C(C)(C)C. The molecule has 0 saturated heterocycles. The molecule has 0 radical (unpaired) electrons. The lowest BCUT2D eigenvalue weighted by molar-refractivity contribution is 0.111. The van der Waals surface area contributed by atoms with E-state index < -0.39 is 9.04 Å². The Kier molecular flexibility index (Phi) is 11.3. The van der Waals surface area contributed by atoms with Crippen molar-refractivity contribution in [2.24, 2.45) is 11.3 Å². The van der Waals surface area contributed by atoms with Gasteiger partial charge in [0, 0.05) is 0 Å². The van der Waals surface area contributed by atoms with Gasteiger partial charge in [0.05, 0.1) is 0 Å². The third-order valence-corrected chi connectivity index (χ3v) is 9.40. The van der Waals surface area contributed by atoms with E-state index in [1.165, 1.54) is 48.9 Å². The molecule has 0 aliphatic carbocycles. The van der Waals surface area contributed by atoms with Crippen LogP contribution in [-0.4, -0.2) is 20.3 Å². The summed E-state index contributed by atoms with van der Waals surface area (Å²) in [5.74, 6) is 1.12. The first-order valence-corrected chi connectivity index (χ1v) is 15.5. The van der Waals surface area contributed by atoms with Gasteiger partial charge in [0.15, 0.2) is 6.29 Å². The Morgan fingerprint density at radius 2 is 1.43 bits per heavy atom. The monoisotopic (exact) mass is 513 g/mol. The van der Waals surface area contributed by atoms with Crippen molar-refractivity contribution >= 4 is 31.5 Å². The second-order valence-electron chi connectivity index (χ2n) is 10.9. The fourth-order valence-corrected chi connectivity index (χ4v) is 6.90. The number of hydrogen-bond acceptors (Lipinski definition) is 3. The molecular formula is C33H43NO2Si. The van der Waals surface area contributed by atoms with E-state index in [-0.39, 0.29) is 5.41 Å². The molecule has 0 bridgehead atoms. The smallest absolute Gasteiger partial charge is 0.299 e. The van der Waals surface area contributed by atoms with E-state index in [0.717, 1.165) is 24.2 Å². The largest absolute Gasteiger partial charge is 0.536 e. The van der Waals surface area contributed by atoms with E-state index in [1.807, 2.05) is 24.3 Å². The number of carbonyl (C=O) groups is 1. The molecule has 2 aromatic carbocycles. The van der Waals surface area contributed by atoms with Gasteiger partial charge in [-0.15, -0.1) is 0 Å². The highest BCUT2D eigenvalue weighted by molar-refractivity contribution is 6.80. The standard InChI is InChI=1S/C33H43NO2Si/c1-5-6-7-8-9-12-18-27(33(2,3)4)25-32(31-24-17-19-28(26-35)34-31)36-37(29-20-13-10-14-21-29)30-22-15-11-16-23-30/h10-11,13-17,19-27,37H,5-9,12,18H2,1-4H3/b32-25+. The molecule has 1 aromatic heterocycles. The molecular weight excluding hydrogens is 470 g/mol. The van der Waals surface area contributed by atoms with E-state index in [9.17, 15) is 4.79 Å². The second-order valence-corrected chi connectivity index (χ2v) is 13.3. The Hall–Kier alpha value is -2.98. The average Bonchev–Trinajstić information content (AvgIpc) is 2.92. The Morgan fingerprint density at radius 3 is 2.00 bits per heavy atom. The number of rotatable bonds is 14. The molecule has 37 heavy (non-hydrogen) atoms. The first-order chi connectivity index (χ1) is 17.9. The van der Waals surface area contributed by atoms with Crippen LogP contribution in [0.4, 0.5) is 0 Å². The summed E-state index contributed by atoms with van der Waals surface area (Å²) >= 11 is 0. The van der Waals surface area contributed by atoms with E-state index >= 15 is 0 Å². The molecule has 1 heterocycles. The minimum absolute atomic E-state index is 0.0802. The summed E-state index contributed by atoms with van der Waals surface area (Å²) in [6.07, 6.45) is 11.9. The van der Waals surface area contributed by atoms with E-state index in [2.05, 4.69) is 87.3 Å². The van der Waals surface area contributed by atoms with Gasteiger partial charge in [0.2, 0.25) is 0 Å². The normalized spacial score (nSPS) is 12.9. The van der Waals surface area contributed by atoms with Crippen molar-refractivity contribution in [3.05, 3.63) is 96.3 Å². The van der Waals surface area contributed by atoms with Gasteiger partial charge in [-0.1, -0.05) is 133 Å². The van der Waals surface area contributed by atoms with E-state index in [4.69, 9.17) is 4.43 Å². The van der Waals surface area contributed by atoms with Crippen LogP contribution >= 0.6 is 0 Å². The summed E-state index contributed by atoms with van der Waals surface area (Å²) in [5, 5.41) is 2.43. The zero-order chi connectivity index (χ0) is 26.5. The van der Waals surface area contributed by atoms with Gasteiger partial charge in [-0.2, -0.15) is 0 Å². The van der Waals surface area contributed by atoms with Crippen LogP contribution in [-0.2, 0) is 4.43 Å². The molecule has 0 spiro atoms. The molecule has 0 N–H and O–H groups in total. The third-order valence-electron chi connectivity index (χ3n) is 6.93. The molecule has 3 rings (SSSR count). The number of pyridine rings is 1. The summed E-state index contributed by atoms with van der Waals surface area (Å²) in [4.78, 5) is 16.2. The van der Waals surface area contributed by atoms with Crippen molar-refractivity contribution in [2.45, 2.75) is 72.6 Å². The fraction of sp³-hybridized carbons (Fsp3) is 0.394. The maximum absolute atomic E-state index is 11.6. The Morgan fingerprint density at radius 1 is 0.838 bits per heavy atom. The Labute approximate surface area is 225 Å². The maximum atomic E-state index is 11.6. The highest BCUT2D eigenvalue weighted by atomic mass is 28.3. The molecule has 1 unspecified atom stereocenters. The van der Waals surface area contributed by atoms with Crippen LogP contribution in [0.2, 0.25) is 0 Å². The second kappa shape index (κ2) is 14.7. The van der Waals surface area contributed by atoms with Crippen LogP contribution < -0.4 is 10.4 Å². The molecule has 0 aliphatic heterocycles. The number of aldehydes is 1. The quantitative estimate of drug-likeness (QED) is 0.0990. The molecule has 4 heteroatoms.